The van der Waals surface area contributed by atoms with E-state index in [0.29, 0.717) is 12.0 Å². The molecule has 0 aromatic heterocycles. The largest absolute Gasteiger partial charge is 0.296 e. The lowest BCUT2D eigenvalue weighted by molar-refractivity contribution is 0.217. The second-order valence-electron chi connectivity index (χ2n) is 8.09. The first-order chi connectivity index (χ1) is 11.3. The smallest absolute Gasteiger partial charge is 0.207 e. The van der Waals surface area contributed by atoms with Crippen LogP contribution in [0.3, 0.4) is 0 Å². The lowest BCUT2D eigenvalue weighted by atomic mass is 9.85. The van der Waals surface area contributed by atoms with E-state index in [2.05, 4.69) is 32.4 Å². The molecule has 24 heavy (non-hydrogen) atoms. The zero-order valence-electron chi connectivity index (χ0n) is 15.1. The molecular weight excluding hydrogens is 313 g/mol. The first kappa shape index (κ1) is 17.5. The molecule has 1 fully saturated rings. The minimum atomic E-state index is -2.83. The molecule has 0 spiro atoms. The van der Waals surface area contributed by atoms with Crippen molar-refractivity contribution in [1.82, 2.24) is 4.67 Å². The van der Waals surface area contributed by atoms with Crippen molar-refractivity contribution in [2.24, 2.45) is 11.3 Å². The van der Waals surface area contributed by atoms with Crippen LogP contribution in [0.25, 0.3) is 0 Å². The molecule has 3 rings (SSSR count). The van der Waals surface area contributed by atoms with Crippen LogP contribution < -0.4 is 10.6 Å². The van der Waals surface area contributed by atoms with E-state index in [1.54, 1.807) is 0 Å². The Bertz CT molecular complexity index is 677. The molecule has 1 aliphatic rings. The van der Waals surface area contributed by atoms with Crippen LogP contribution in [0.1, 0.15) is 34.1 Å². The van der Waals surface area contributed by atoms with Crippen molar-refractivity contribution in [1.29, 1.82) is 0 Å². The molecule has 0 unspecified atom stereocenters. The van der Waals surface area contributed by atoms with Gasteiger partial charge in [0.15, 0.2) is 0 Å². The molecule has 2 atom stereocenters. The van der Waals surface area contributed by atoms with E-state index in [4.69, 9.17) is 0 Å². The first-order valence-electron chi connectivity index (χ1n) is 8.82. The van der Waals surface area contributed by atoms with E-state index in [1.165, 1.54) is 0 Å². The summed E-state index contributed by atoms with van der Waals surface area (Å²) in [7, 11) is -2.83. The molecule has 2 aromatic rings. The predicted molar refractivity (Wildman–Crippen MR) is 103 cm³/mol. The fourth-order valence-electron chi connectivity index (χ4n) is 3.84. The van der Waals surface area contributed by atoms with Crippen molar-refractivity contribution in [2.45, 2.75) is 40.2 Å². The molecule has 2 aromatic carbocycles. The maximum Gasteiger partial charge on any atom is 0.207 e. The number of hydrogen-bond donors (Lipinski definition) is 0. The quantitative estimate of drug-likeness (QED) is 0.756. The van der Waals surface area contributed by atoms with Crippen LogP contribution in [0.5, 0.6) is 0 Å². The lowest BCUT2D eigenvalue weighted by Crippen LogP contribution is -2.42. The predicted octanol–water partition coefficient (Wildman–Crippen LogP) is 4.67. The van der Waals surface area contributed by atoms with Crippen molar-refractivity contribution >= 4 is 17.9 Å². The molecule has 0 saturated carbocycles. The Balaban J connectivity index is 2.17. The second-order valence-corrected chi connectivity index (χ2v) is 10.8. The Morgan fingerprint density at radius 2 is 1.38 bits per heavy atom. The molecular formula is C21H28NOP. The van der Waals surface area contributed by atoms with Crippen LogP contribution in [-0.4, -0.2) is 17.3 Å². The van der Waals surface area contributed by atoms with Crippen molar-refractivity contribution in [3.8, 4) is 0 Å². The van der Waals surface area contributed by atoms with Gasteiger partial charge in [-0.1, -0.05) is 64.1 Å². The Hall–Kier alpha value is -1.37. The number of benzene rings is 2. The van der Waals surface area contributed by atoms with E-state index in [0.717, 1.165) is 23.6 Å². The van der Waals surface area contributed by atoms with Gasteiger partial charge in [-0.15, -0.1) is 0 Å². The van der Waals surface area contributed by atoms with Gasteiger partial charge in [0, 0.05) is 23.2 Å². The summed E-state index contributed by atoms with van der Waals surface area (Å²) in [5.74, 6) is 0.565. The molecule has 2 nitrogen and oxygen atoms in total. The van der Waals surface area contributed by atoms with Crippen LogP contribution in [0.4, 0.5) is 0 Å². The average Bonchev–Trinajstić information content (AvgIpc) is 2.98. The average molecular weight is 341 g/mol. The summed E-state index contributed by atoms with van der Waals surface area (Å²) in [5, 5.41) is 1.89. The van der Waals surface area contributed by atoms with Gasteiger partial charge < -0.3 is 0 Å². The lowest BCUT2D eigenvalue weighted by Gasteiger charge is -2.40. The normalized spacial score (nSPS) is 22.7. The number of nitrogens with zero attached hydrogens (tertiary/aromatic N) is 1. The van der Waals surface area contributed by atoms with Crippen LogP contribution in [-0.2, 0) is 4.57 Å². The highest BCUT2D eigenvalue weighted by Gasteiger charge is 2.47. The second kappa shape index (κ2) is 6.50. The minimum Gasteiger partial charge on any atom is -0.296 e. The molecule has 1 saturated heterocycles. The summed E-state index contributed by atoms with van der Waals surface area (Å²) >= 11 is 0. The van der Waals surface area contributed by atoms with E-state index >= 15 is 0 Å². The van der Waals surface area contributed by atoms with Crippen molar-refractivity contribution in [3.05, 3.63) is 60.7 Å². The molecule has 0 aliphatic carbocycles. The molecule has 0 amide bonds. The fraction of sp³-hybridized carbons (Fsp3) is 0.429. The zero-order chi connectivity index (χ0) is 17.4. The third kappa shape index (κ3) is 3.10. The Morgan fingerprint density at radius 1 is 0.917 bits per heavy atom. The maximum absolute atomic E-state index is 14.5. The van der Waals surface area contributed by atoms with Gasteiger partial charge in [-0.2, -0.15) is 0 Å². The Morgan fingerprint density at radius 3 is 1.79 bits per heavy atom. The standard InChI is InChI=1S/C21H28NOP/c1-17-15-20(21(2,3)4)22(16-17)24(23,18-11-7-5-8-12-18)19-13-9-6-10-14-19/h5-14,17,20H,15-16H2,1-4H3/t17-,20+/m0/s1. The maximum atomic E-state index is 14.5. The molecule has 1 aliphatic heterocycles. The summed E-state index contributed by atoms with van der Waals surface area (Å²) in [4.78, 5) is 0. The molecule has 0 radical (unpaired) electrons. The van der Waals surface area contributed by atoms with Crippen LogP contribution in [0.15, 0.2) is 60.7 Å². The zero-order valence-corrected chi connectivity index (χ0v) is 16.0. The SMILES string of the molecule is C[C@H]1C[C@H](C(C)(C)C)N(P(=O)(c2ccccc2)c2ccccc2)C1. The van der Waals surface area contributed by atoms with Crippen molar-refractivity contribution in [2.75, 3.05) is 6.54 Å². The highest BCUT2D eigenvalue weighted by atomic mass is 31.2. The van der Waals surface area contributed by atoms with Crippen LogP contribution in [0.2, 0.25) is 0 Å². The summed E-state index contributed by atoms with van der Waals surface area (Å²) in [6, 6.07) is 20.4. The van der Waals surface area contributed by atoms with Gasteiger partial charge in [0.25, 0.3) is 0 Å². The van der Waals surface area contributed by atoms with E-state index in [9.17, 15) is 4.57 Å². The van der Waals surface area contributed by atoms with Crippen LogP contribution in [0, 0.1) is 11.3 Å². The van der Waals surface area contributed by atoms with E-state index in [-0.39, 0.29) is 5.41 Å². The van der Waals surface area contributed by atoms with E-state index in [1.807, 2.05) is 60.7 Å². The van der Waals surface area contributed by atoms with Gasteiger partial charge in [0.05, 0.1) is 0 Å². The summed E-state index contributed by atoms with van der Waals surface area (Å²) in [6.45, 7) is 9.97. The van der Waals surface area contributed by atoms with Crippen LogP contribution >= 0.6 is 7.29 Å². The monoisotopic (exact) mass is 341 g/mol. The van der Waals surface area contributed by atoms with E-state index < -0.39 is 7.29 Å². The highest BCUT2D eigenvalue weighted by molar-refractivity contribution is 7.76. The first-order valence-corrected chi connectivity index (χ1v) is 10.5. The Labute approximate surface area is 146 Å². The molecule has 1 heterocycles. The Kier molecular flexibility index (Phi) is 4.73. The highest BCUT2D eigenvalue weighted by Crippen LogP contribution is 2.55. The van der Waals surface area contributed by atoms with Gasteiger partial charge in [-0.25, -0.2) is 4.67 Å². The number of rotatable bonds is 3. The summed E-state index contributed by atoms with van der Waals surface area (Å²) < 4.78 is 16.9. The topological polar surface area (TPSA) is 20.3 Å². The van der Waals surface area contributed by atoms with Gasteiger partial charge in [0.2, 0.25) is 7.29 Å². The van der Waals surface area contributed by atoms with Crippen molar-refractivity contribution < 1.29 is 4.57 Å². The number of hydrogen-bond acceptors (Lipinski definition) is 1. The third-order valence-corrected chi connectivity index (χ3v) is 8.22. The van der Waals surface area contributed by atoms with Gasteiger partial charge in [-0.05, 0) is 42.0 Å². The summed E-state index contributed by atoms with van der Waals surface area (Å²) in [6.07, 6.45) is 1.10. The summed E-state index contributed by atoms with van der Waals surface area (Å²) in [5.41, 5.74) is 0.101. The van der Waals surface area contributed by atoms with Crippen molar-refractivity contribution in [3.63, 3.8) is 0 Å². The fourth-order valence-corrected chi connectivity index (χ4v) is 7.23. The van der Waals surface area contributed by atoms with Gasteiger partial charge in [-0.3, -0.25) is 4.57 Å². The third-order valence-electron chi connectivity index (χ3n) is 5.06. The minimum absolute atomic E-state index is 0.101. The molecule has 0 bridgehead atoms. The van der Waals surface area contributed by atoms with Gasteiger partial charge >= 0.3 is 0 Å². The molecule has 3 heteroatoms. The molecule has 128 valence electrons. The van der Waals surface area contributed by atoms with Gasteiger partial charge in [0.1, 0.15) is 0 Å². The molecule has 0 N–H and O–H groups in total.